The number of hydrogen-bond donors (Lipinski definition) is 2. The van der Waals surface area contributed by atoms with Gasteiger partial charge in [0, 0.05) is 41.5 Å². The largest absolute Gasteiger partial charge is 0.479 e. The molecule has 0 amide bonds. The summed E-state index contributed by atoms with van der Waals surface area (Å²) in [5.41, 5.74) is 3.71. The van der Waals surface area contributed by atoms with Crippen molar-refractivity contribution in [3.63, 3.8) is 0 Å². The monoisotopic (exact) mass is 494 g/mol. The number of ether oxygens (including phenoxy) is 1. The summed E-state index contributed by atoms with van der Waals surface area (Å²) < 4.78 is 37.1. The number of aromatic nitrogens is 4. The first kappa shape index (κ1) is 23.1. The minimum absolute atomic E-state index is 0.0329. The Labute approximate surface area is 206 Å². The van der Waals surface area contributed by atoms with Crippen molar-refractivity contribution in [2.45, 2.75) is 63.0 Å². The van der Waals surface area contributed by atoms with E-state index in [1.807, 2.05) is 12.1 Å². The smallest absolute Gasteiger partial charge is 0.341 e. The first-order valence-electron chi connectivity index (χ1n) is 12.5. The highest BCUT2D eigenvalue weighted by Crippen LogP contribution is 2.48. The standard InChI is InChI=1S/C27H28F2N4O3/c1-15-12-19(2-3-20(15)28)33-21-13-18-14-30-32-25(18)31-23(21)22(24(33)17-6-10-36-11-7-17)16-4-8-27(29,9-5-16)26(34)35/h2-3,12-14,16-17H,4-11H2,1H3,(H,34,35)(H,30,31,32). The predicted octanol–water partition coefficient (Wildman–Crippen LogP) is 5.69. The van der Waals surface area contributed by atoms with Crippen LogP contribution in [0.25, 0.3) is 27.8 Å². The normalized spacial score (nSPS) is 23.5. The molecule has 0 bridgehead atoms. The number of pyridine rings is 1. The molecule has 4 aromatic rings. The third-order valence-electron chi connectivity index (χ3n) is 8.00. The highest BCUT2D eigenvalue weighted by Gasteiger charge is 2.44. The van der Waals surface area contributed by atoms with Crippen molar-refractivity contribution >= 4 is 28.0 Å². The molecule has 1 saturated heterocycles. The minimum Gasteiger partial charge on any atom is -0.479 e. The quantitative estimate of drug-likeness (QED) is 0.380. The lowest BCUT2D eigenvalue weighted by Crippen LogP contribution is -2.37. The zero-order chi connectivity index (χ0) is 25.0. The molecule has 2 aliphatic rings. The molecule has 1 saturated carbocycles. The van der Waals surface area contributed by atoms with Gasteiger partial charge in [-0.05, 0) is 81.2 Å². The molecule has 0 unspecified atom stereocenters. The van der Waals surface area contributed by atoms with E-state index in [1.165, 1.54) is 6.07 Å². The lowest BCUT2D eigenvalue weighted by Gasteiger charge is -2.33. The fourth-order valence-corrected chi connectivity index (χ4v) is 6.01. The van der Waals surface area contributed by atoms with Gasteiger partial charge in [0.15, 0.2) is 5.65 Å². The summed E-state index contributed by atoms with van der Waals surface area (Å²) in [6.45, 7) is 3.03. The van der Waals surface area contributed by atoms with Crippen LogP contribution in [-0.2, 0) is 9.53 Å². The number of fused-ring (bicyclic) bond motifs is 2. The van der Waals surface area contributed by atoms with Crippen LogP contribution in [0.3, 0.4) is 0 Å². The highest BCUT2D eigenvalue weighted by atomic mass is 19.1. The predicted molar refractivity (Wildman–Crippen MR) is 131 cm³/mol. The van der Waals surface area contributed by atoms with Crippen molar-refractivity contribution in [2.75, 3.05) is 13.2 Å². The highest BCUT2D eigenvalue weighted by molar-refractivity contribution is 5.93. The van der Waals surface area contributed by atoms with Crippen LogP contribution in [0.15, 0.2) is 30.5 Å². The molecule has 36 heavy (non-hydrogen) atoms. The molecule has 3 aromatic heterocycles. The van der Waals surface area contributed by atoms with Crippen LogP contribution in [-0.4, -0.2) is 49.7 Å². The number of nitrogens with one attached hydrogen (secondary N) is 1. The van der Waals surface area contributed by atoms with Gasteiger partial charge in [0.25, 0.3) is 0 Å². The van der Waals surface area contributed by atoms with E-state index in [0.717, 1.165) is 46.2 Å². The third-order valence-corrected chi connectivity index (χ3v) is 8.00. The zero-order valence-electron chi connectivity index (χ0n) is 20.1. The van der Waals surface area contributed by atoms with E-state index in [4.69, 9.17) is 9.72 Å². The number of alkyl halides is 1. The first-order chi connectivity index (χ1) is 17.4. The Kier molecular flexibility index (Phi) is 5.55. The van der Waals surface area contributed by atoms with Crippen molar-refractivity contribution in [2.24, 2.45) is 0 Å². The average Bonchev–Trinajstić information content (AvgIpc) is 3.47. The first-order valence-corrected chi connectivity index (χ1v) is 12.5. The van der Waals surface area contributed by atoms with E-state index in [9.17, 15) is 18.7 Å². The Morgan fingerprint density at radius 2 is 1.92 bits per heavy atom. The van der Waals surface area contributed by atoms with Crippen molar-refractivity contribution in [1.82, 2.24) is 19.7 Å². The lowest BCUT2D eigenvalue weighted by molar-refractivity contribution is -0.153. The number of aryl methyl sites for hydroxylation is 1. The maximum atomic E-state index is 15.0. The second-order valence-corrected chi connectivity index (χ2v) is 10.2. The molecule has 6 rings (SSSR count). The van der Waals surface area contributed by atoms with E-state index in [0.29, 0.717) is 37.3 Å². The van der Waals surface area contributed by atoms with Gasteiger partial charge in [0.2, 0.25) is 5.67 Å². The summed E-state index contributed by atoms with van der Waals surface area (Å²) in [6.07, 6.45) is 4.17. The van der Waals surface area contributed by atoms with E-state index in [1.54, 1.807) is 19.2 Å². The topological polar surface area (TPSA) is 93.0 Å². The molecule has 0 atom stereocenters. The number of aromatic amines is 1. The Balaban J connectivity index is 1.61. The van der Waals surface area contributed by atoms with E-state index in [2.05, 4.69) is 14.8 Å². The second kappa shape index (κ2) is 8.65. The van der Waals surface area contributed by atoms with Gasteiger partial charge in [0.05, 0.1) is 17.2 Å². The molecule has 1 aromatic carbocycles. The van der Waals surface area contributed by atoms with Crippen LogP contribution in [0.4, 0.5) is 8.78 Å². The van der Waals surface area contributed by atoms with Crippen molar-refractivity contribution in [3.05, 3.63) is 53.1 Å². The van der Waals surface area contributed by atoms with Gasteiger partial charge in [-0.2, -0.15) is 5.10 Å². The Bertz CT molecular complexity index is 1460. The molecule has 2 N–H and O–H groups in total. The molecule has 1 aliphatic carbocycles. The van der Waals surface area contributed by atoms with E-state index in [-0.39, 0.29) is 30.5 Å². The number of rotatable bonds is 4. The number of nitrogens with zero attached hydrogens (tertiary/aromatic N) is 3. The lowest BCUT2D eigenvalue weighted by atomic mass is 9.75. The molecule has 7 nitrogen and oxygen atoms in total. The van der Waals surface area contributed by atoms with Gasteiger partial charge >= 0.3 is 5.97 Å². The molecule has 188 valence electrons. The van der Waals surface area contributed by atoms with Crippen molar-refractivity contribution in [3.8, 4) is 5.69 Å². The maximum Gasteiger partial charge on any atom is 0.341 e. The Morgan fingerprint density at radius 1 is 1.17 bits per heavy atom. The SMILES string of the molecule is Cc1cc(-n2c(C3CCOCC3)c(C3CCC(F)(C(=O)O)CC3)c3nc4[nH]ncc4cc32)ccc1F. The summed E-state index contributed by atoms with van der Waals surface area (Å²) in [6, 6.07) is 7.16. The fourth-order valence-electron chi connectivity index (χ4n) is 6.01. The van der Waals surface area contributed by atoms with Crippen molar-refractivity contribution in [1.29, 1.82) is 0 Å². The molecule has 9 heteroatoms. The molecule has 2 fully saturated rings. The van der Waals surface area contributed by atoms with Crippen molar-refractivity contribution < 1.29 is 23.4 Å². The molecular weight excluding hydrogens is 466 g/mol. The number of halogens is 2. The molecule has 1 aliphatic heterocycles. The number of carbonyl (C=O) groups is 1. The van der Waals surface area contributed by atoms with Crippen LogP contribution in [0.5, 0.6) is 0 Å². The van der Waals surface area contributed by atoms with Crippen LogP contribution in [0, 0.1) is 12.7 Å². The van der Waals surface area contributed by atoms with Crippen LogP contribution in [0.2, 0.25) is 0 Å². The number of carboxylic acid groups (broad SMARTS) is 1. The zero-order valence-corrected chi connectivity index (χ0v) is 20.1. The van der Waals surface area contributed by atoms with Crippen LogP contribution in [0.1, 0.15) is 67.2 Å². The fraction of sp³-hybridized carbons (Fsp3) is 0.444. The van der Waals surface area contributed by atoms with Crippen LogP contribution < -0.4 is 0 Å². The summed E-state index contributed by atoms with van der Waals surface area (Å²) in [5.74, 6) is -1.50. The molecule has 0 radical (unpaired) electrons. The Morgan fingerprint density at radius 3 is 2.61 bits per heavy atom. The van der Waals surface area contributed by atoms with Crippen LogP contribution >= 0.6 is 0 Å². The third kappa shape index (κ3) is 3.68. The maximum absolute atomic E-state index is 15.0. The van der Waals surface area contributed by atoms with Gasteiger partial charge in [0.1, 0.15) is 5.82 Å². The molecular formula is C27H28F2N4O3. The summed E-state index contributed by atoms with van der Waals surface area (Å²) in [5, 5.41) is 17.4. The number of H-pyrrole nitrogens is 1. The molecule has 0 spiro atoms. The number of carboxylic acids is 1. The Hall–Kier alpha value is -3.33. The summed E-state index contributed by atoms with van der Waals surface area (Å²) in [7, 11) is 0. The summed E-state index contributed by atoms with van der Waals surface area (Å²) in [4.78, 5) is 16.5. The second-order valence-electron chi connectivity index (χ2n) is 10.2. The van der Waals surface area contributed by atoms with E-state index < -0.39 is 11.6 Å². The number of benzene rings is 1. The summed E-state index contributed by atoms with van der Waals surface area (Å²) >= 11 is 0. The van der Waals surface area contributed by atoms with E-state index >= 15 is 0 Å². The average molecular weight is 495 g/mol. The minimum atomic E-state index is -2.19. The number of hydrogen-bond acceptors (Lipinski definition) is 4. The van der Waals surface area contributed by atoms with Gasteiger partial charge < -0.3 is 14.4 Å². The van der Waals surface area contributed by atoms with Gasteiger partial charge in [-0.1, -0.05) is 0 Å². The number of aliphatic carboxylic acids is 1. The molecule has 4 heterocycles. The van der Waals surface area contributed by atoms with Gasteiger partial charge in [-0.15, -0.1) is 0 Å². The van der Waals surface area contributed by atoms with Gasteiger partial charge in [-0.3, -0.25) is 5.10 Å². The van der Waals surface area contributed by atoms with Gasteiger partial charge in [-0.25, -0.2) is 18.6 Å².